The molecule has 0 fully saturated rings. The Morgan fingerprint density at radius 2 is 0.911 bits per heavy atom. The van der Waals surface area contributed by atoms with Gasteiger partial charge >= 0.3 is 5.97 Å². The number of rotatable bonds is 45. The maximum Gasteiger partial charge on any atom is 0.305 e. The Hall–Kier alpha value is -1.66. The molecule has 0 saturated carbocycles. The van der Waals surface area contributed by atoms with Crippen molar-refractivity contribution in [2.75, 3.05) is 13.2 Å². The van der Waals surface area contributed by atoms with Gasteiger partial charge in [0.1, 0.15) is 0 Å². The minimum absolute atomic E-state index is 0.0147. The van der Waals surface area contributed by atoms with Gasteiger partial charge in [0.2, 0.25) is 5.91 Å². The first-order valence-corrected chi connectivity index (χ1v) is 24.6. The van der Waals surface area contributed by atoms with E-state index in [1.807, 2.05) is 6.08 Å². The van der Waals surface area contributed by atoms with Crippen molar-refractivity contribution in [3.05, 3.63) is 24.3 Å². The topological polar surface area (TPSA) is 95.9 Å². The summed E-state index contributed by atoms with van der Waals surface area (Å²) in [5.41, 5.74) is 0. The van der Waals surface area contributed by atoms with Crippen LogP contribution in [0.2, 0.25) is 0 Å². The van der Waals surface area contributed by atoms with Gasteiger partial charge in [0.15, 0.2) is 0 Å². The highest BCUT2D eigenvalue weighted by Crippen LogP contribution is 2.16. The molecule has 0 aliphatic carbocycles. The van der Waals surface area contributed by atoms with E-state index in [4.69, 9.17) is 4.74 Å². The van der Waals surface area contributed by atoms with E-state index in [0.29, 0.717) is 32.3 Å². The lowest BCUT2D eigenvalue weighted by Gasteiger charge is -2.22. The predicted octanol–water partition coefficient (Wildman–Crippen LogP) is 14.3. The molecule has 6 nitrogen and oxygen atoms in total. The number of carbonyl (C=O) groups is 2. The Bertz CT molecular complexity index is 874. The zero-order chi connectivity index (χ0) is 40.8. The SMILES string of the molecule is CCCCCCCCCCCCCCCCCC(=O)OCCCCCCCC/C=C\C/C=C\CCC(=O)NC(CO)C(O)CCCCCCCCCCCCC. The molecule has 56 heavy (non-hydrogen) atoms. The minimum Gasteiger partial charge on any atom is -0.466 e. The Labute approximate surface area is 348 Å². The summed E-state index contributed by atoms with van der Waals surface area (Å²) < 4.78 is 5.45. The summed E-state index contributed by atoms with van der Waals surface area (Å²) >= 11 is 0. The van der Waals surface area contributed by atoms with Crippen LogP contribution in [0, 0.1) is 0 Å². The van der Waals surface area contributed by atoms with Crippen LogP contribution in [0.4, 0.5) is 0 Å². The van der Waals surface area contributed by atoms with Crippen molar-refractivity contribution in [3.8, 4) is 0 Å². The van der Waals surface area contributed by atoms with Gasteiger partial charge in [0.05, 0.1) is 25.4 Å². The fraction of sp³-hybridized carbons (Fsp3) is 0.880. The van der Waals surface area contributed by atoms with Gasteiger partial charge in [0, 0.05) is 12.8 Å². The lowest BCUT2D eigenvalue weighted by molar-refractivity contribution is -0.143. The first-order chi connectivity index (χ1) is 27.5. The second-order valence-electron chi connectivity index (χ2n) is 16.8. The van der Waals surface area contributed by atoms with Gasteiger partial charge in [-0.05, 0) is 44.9 Å². The number of unbranched alkanes of at least 4 members (excludes halogenated alkanes) is 30. The van der Waals surface area contributed by atoms with Crippen molar-refractivity contribution in [2.24, 2.45) is 0 Å². The van der Waals surface area contributed by atoms with E-state index >= 15 is 0 Å². The number of amides is 1. The number of aliphatic hydroxyl groups excluding tert-OH is 2. The molecule has 330 valence electrons. The monoisotopic (exact) mass is 790 g/mol. The lowest BCUT2D eigenvalue weighted by Crippen LogP contribution is -2.45. The van der Waals surface area contributed by atoms with Crippen LogP contribution < -0.4 is 5.32 Å². The largest absolute Gasteiger partial charge is 0.466 e. The molecule has 0 spiro atoms. The first kappa shape index (κ1) is 54.3. The van der Waals surface area contributed by atoms with Crippen LogP contribution >= 0.6 is 0 Å². The molecular weight excluding hydrogens is 695 g/mol. The highest BCUT2D eigenvalue weighted by Gasteiger charge is 2.19. The summed E-state index contributed by atoms with van der Waals surface area (Å²) in [6.07, 6.45) is 53.0. The second kappa shape index (κ2) is 46.0. The normalized spacial score (nSPS) is 12.9. The molecule has 0 heterocycles. The van der Waals surface area contributed by atoms with Crippen LogP contribution in [-0.2, 0) is 14.3 Å². The molecule has 0 rings (SSSR count). The standard InChI is InChI=1S/C50H95NO5/c1-3-5-7-9-11-13-15-16-17-20-24-28-32-36-40-44-50(55)56-45-41-37-33-29-25-21-18-19-23-27-31-35-39-43-49(54)51-47(46-52)48(53)42-38-34-30-26-22-14-12-10-8-6-4-2/h19,23,31,35,47-48,52-53H,3-18,20-22,24-30,32-34,36-46H2,1-2H3,(H,51,54)/b23-19-,35-31-. The molecule has 0 aromatic carbocycles. The van der Waals surface area contributed by atoms with Gasteiger partial charge in [-0.2, -0.15) is 0 Å². The number of carbonyl (C=O) groups excluding carboxylic acids is 2. The van der Waals surface area contributed by atoms with Crippen LogP contribution in [-0.4, -0.2) is 47.4 Å². The fourth-order valence-electron chi connectivity index (χ4n) is 7.45. The maximum atomic E-state index is 12.4. The van der Waals surface area contributed by atoms with Crippen molar-refractivity contribution < 1.29 is 24.5 Å². The van der Waals surface area contributed by atoms with E-state index in [1.165, 1.54) is 167 Å². The number of ether oxygens (including phenoxy) is 1. The highest BCUT2D eigenvalue weighted by atomic mass is 16.5. The average Bonchev–Trinajstić information content (AvgIpc) is 3.20. The third-order valence-corrected chi connectivity index (χ3v) is 11.3. The van der Waals surface area contributed by atoms with Crippen LogP contribution in [0.3, 0.4) is 0 Å². The van der Waals surface area contributed by atoms with E-state index in [1.54, 1.807) is 0 Å². The summed E-state index contributed by atoms with van der Waals surface area (Å²) in [6.45, 7) is 4.88. The van der Waals surface area contributed by atoms with Crippen LogP contribution in [0.25, 0.3) is 0 Å². The molecule has 0 saturated heterocycles. The molecule has 6 heteroatoms. The molecule has 2 atom stereocenters. The second-order valence-corrected chi connectivity index (χ2v) is 16.8. The van der Waals surface area contributed by atoms with Crippen LogP contribution in [0.5, 0.6) is 0 Å². The van der Waals surface area contributed by atoms with Crippen molar-refractivity contribution in [3.63, 3.8) is 0 Å². The van der Waals surface area contributed by atoms with Gasteiger partial charge in [0.25, 0.3) is 0 Å². The summed E-state index contributed by atoms with van der Waals surface area (Å²) in [5.74, 6) is -0.132. The van der Waals surface area contributed by atoms with E-state index in [0.717, 1.165) is 51.4 Å². The number of aliphatic hydroxyl groups is 2. The zero-order valence-corrected chi connectivity index (χ0v) is 37.4. The summed E-state index contributed by atoms with van der Waals surface area (Å²) in [5, 5.41) is 23.0. The maximum absolute atomic E-state index is 12.4. The van der Waals surface area contributed by atoms with E-state index in [2.05, 4.69) is 37.4 Å². The van der Waals surface area contributed by atoms with Crippen molar-refractivity contribution in [1.29, 1.82) is 0 Å². The third-order valence-electron chi connectivity index (χ3n) is 11.3. The number of esters is 1. The van der Waals surface area contributed by atoms with Gasteiger partial charge < -0.3 is 20.3 Å². The molecule has 3 N–H and O–H groups in total. The Morgan fingerprint density at radius 3 is 1.39 bits per heavy atom. The Balaban J connectivity index is 3.53. The van der Waals surface area contributed by atoms with Crippen LogP contribution in [0.15, 0.2) is 24.3 Å². The first-order valence-electron chi connectivity index (χ1n) is 24.6. The number of nitrogens with one attached hydrogen (secondary N) is 1. The van der Waals surface area contributed by atoms with Gasteiger partial charge in [-0.3, -0.25) is 9.59 Å². The van der Waals surface area contributed by atoms with Gasteiger partial charge in [-0.25, -0.2) is 0 Å². The highest BCUT2D eigenvalue weighted by molar-refractivity contribution is 5.76. The van der Waals surface area contributed by atoms with Crippen LogP contribution in [0.1, 0.15) is 258 Å². The van der Waals surface area contributed by atoms with E-state index < -0.39 is 12.1 Å². The Kier molecular flexibility index (Phi) is 44.7. The number of hydrogen-bond donors (Lipinski definition) is 3. The van der Waals surface area contributed by atoms with E-state index in [-0.39, 0.29) is 18.5 Å². The average molecular weight is 790 g/mol. The van der Waals surface area contributed by atoms with Gasteiger partial charge in [-0.1, -0.05) is 224 Å². The predicted molar refractivity (Wildman–Crippen MR) is 241 cm³/mol. The number of hydrogen-bond acceptors (Lipinski definition) is 5. The molecule has 0 bridgehead atoms. The smallest absolute Gasteiger partial charge is 0.305 e. The van der Waals surface area contributed by atoms with Crippen molar-refractivity contribution in [2.45, 2.75) is 270 Å². The van der Waals surface area contributed by atoms with Gasteiger partial charge in [-0.15, -0.1) is 0 Å². The molecule has 0 radical (unpaired) electrons. The minimum atomic E-state index is -0.696. The molecule has 0 aromatic heterocycles. The molecule has 0 aliphatic heterocycles. The summed E-state index contributed by atoms with van der Waals surface area (Å²) in [4.78, 5) is 24.4. The molecule has 2 unspecified atom stereocenters. The number of allylic oxidation sites excluding steroid dienone is 4. The Morgan fingerprint density at radius 1 is 0.500 bits per heavy atom. The molecule has 0 aromatic rings. The molecule has 0 aliphatic rings. The van der Waals surface area contributed by atoms with Crippen molar-refractivity contribution >= 4 is 11.9 Å². The lowest BCUT2D eigenvalue weighted by atomic mass is 10.0. The molecular formula is C50H95NO5. The fourth-order valence-corrected chi connectivity index (χ4v) is 7.45. The summed E-state index contributed by atoms with van der Waals surface area (Å²) in [7, 11) is 0. The molecule has 1 amide bonds. The zero-order valence-electron chi connectivity index (χ0n) is 37.4. The van der Waals surface area contributed by atoms with E-state index in [9.17, 15) is 19.8 Å². The quantitative estimate of drug-likeness (QED) is 0.0324. The summed E-state index contributed by atoms with van der Waals surface area (Å²) in [6, 6.07) is -0.583. The third kappa shape index (κ3) is 42.0. The van der Waals surface area contributed by atoms with Crippen molar-refractivity contribution in [1.82, 2.24) is 5.32 Å².